The summed E-state index contributed by atoms with van der Waals surface area (Å²) in [4.78, 5) is 18.7. The van der Waals surface area contributed by atoms with E-state index in [1.165, 1.54) is 5.56 Å². The van der Waals surface area contributed by atoms with Crippen molar-refractivity contribution in [1.29, 1.82) is 0 Å². The monoisotopic (exact) mass is 318 g/mol. The second-order valence-corrected chi connectivity index (χ2v) is 6.04. The fraction of sp³-hybridized carbons (Fsp3) is 0.105. The van der Waals surface area contributed by atoms with Crippen LogP contribution in [0.5, 0.6) is 11.5 Å². The number of aromatic nitrogens is 2. The van der Waals surface area contributed by atoms with Crippen LogP contribution < -0.4 is 15.0 Å². The van der Waals surface area contributed by atoms with Crippen LogP contribution in [0.4, 0.5) is 0 Å². The van der Waals surface area contributed by atoms with Crippen LogP contribution in [-0.4, -0.2) is 16.8 Å². The minimum atomic E-state index is -0.138. The molecule has 0 bridgehead atoms. The lowest BCUT2D eigenvalue weighted by Gasteiger charge is -2.03. The number of fused-ring (bicyclic) bond motifs is 4. The molecular weight excluding hydrogens is 304 g/mol. The molecule has 2 N–H and O–H groups in total. The van der Waals surface area contributed by atoms with Crippen molar-refractivity contribution in [3.63, 3.8) is 0 Å². The van der Waals surface area contributed by atoms with Gasteiger partial charge in [0.15, 0.2) is 11.5 Å². The number of H-pyrrole nitrogens is 2. The molecule has 0 spiro atoms. The summed E-state index contributed by atoms with van der Waals surface area (Å²) in [5.41, 5.74) is 4.24. The zero-order chi connectivity index (χ0) is 16.3. The highest BCUT2D eigenvalue weighted by atomic mass is 16.7. The maximum atomic E-state index is 12.5. The largest absolute Gasteiger partial charge is 0.454 e. The van der Waals surface area contributed by atoms with Crippen LogP contribution in [0.15, 0.2) is 47.3 Å². The molecule has 0 saturated heterocycles. The lowest BCUT2D eigenvalue weighted by Crippen LogP contribution is -2.07. The predicted octanol–water partition coefficient (Wildman–Crippen LogP) is 3.71. The zero-order valence-corrected chi connectivity index (χ0v) is 13.0. The van der Waals surface area contributed by atoms with Gasteiger partial charge in [-0.3, -0.25) is 4.79 Å². The van der Waals surface area contributed by atoms with E-state index in [2.05, 4.69) is 9.97 Å². The summed E-state index contributed by atoms with van der Waals surface area (Å²) >= 11 is 0. The Morgan fingerprint density at radius 3 is 2.46 bits per heavy atom. The first-order valence-corrected chi connectivity index (χ1v) is 7.74. The van der Waals surface area contributed by atoms with Crippen LogP contribution in [0.2, 0.25) is 0 Å². The van der Waals surface area contributed by atoms with Gasteiger partial charge in [0.25, 0.3) is 5.56 Å². The molecule has 24 heavy (non-hydrogen) atoms. The second-order valence-electron chi connectivity index (χ2n) is 6.04. The molecule has 0 fully saturated rings. The normalized spacial score (nSPS) is 13.0. The second kappa shape index (κ2) is 4.64. The SMILES string of the molecule is Cc1ccc(-c2cc3c([nH]c4cc5c(cc43)OCO5)c(=O)[nH]2)cc1. The molecule has 0 unspecified atom stereocenters. The molecule has 1 aliphatic rings. The highest BCUT2D eigenvalue weighted by Gasteiger charge is 2.18. The molecule has 0 radical (unpaired) electrons. The number of hydrogen-bond donors (Lipinski definition) is 2. The van der Waals surface area contributed by atoms with Gasteiger partial charge in [-0.15, -0.1) is 0 Å². The fourth-order valence-corrected chi connectivity index (χ4v) is 3.19. The minimum absolute atomic E-state index is 0.138. The Balaban J connectivity index is 1.81. The third-order valence-corrected chi connectivity index (χ3v) is 4.46. The van der Waals surface area contributed by atoms with E-state index in [0.717, 1.165) is 27.5 Å². The summed E-state index contributed by atoms with van der Waals surface area (Å²) in [5.74, 6) is 1.41. The molecule has 1 aliphatic heterocycles. The summed E-state index contributed by atoms with van der Waals surface area (Å²) in [6.07, 6.45) is 0. The van der Waals surface area contributed by atoms with E-state index in [-0.39, 0.29) is 12.4 Å². The smallest absolute Gasteiger partial charge is 0.272 e. The standard InChI is InChI=1S/C19H14N2O3/c1-10-2-4-11(5-3-10)14-6-13-12-7-16-17(24-9-23-16)8-15(12)20-18(13)19(22)21-14/h2-8,20H,9H2,1H3,(H,21,22). The van der Waals surface area contributed by atoms with E-state index in [1.807, 2.05) is 49.4 Å². The fourth-order valence-electron chi connectivity index (χ4n) is 3.19. The Kier molecular flexibility index (Phi) is 2.56. The maximum absolute atomic E-state index is 12.5. The van der Waals surface area contributed by atoms with Crippen LogP contribution >= 0.6 is 0 Å². The first-order valence-electron chi connectivity index (χ1n) is 7.74. The molecule has 5 heteroatoms. The van der Waals surface area contributed by atoms with Crippen molar-refractivity contribution in [2.75, 3.05) is 6.79 Å². The number of benzene rings is 2. The number of aromatic amines is 2. The average molecular weight is 318 g/mol. The van der Waals surface area contributed by atoms with Crippen LogP contribution in [0.25, 0.3) is 33.1 Å². The molecule has 2 aromatic carbocycles. The number of nitrogens with one attached hydrogen (secondary N) is 2. The first kappa shape index (κ1) is 13.2. The predicted molar refractivity (Wildman–Crippen MR) is 92.7 cm³/mol. The van der Waals surface area contributed by atoms with E-state index in [9.17, 15) is 4.79 Å². The van der Waals surface area contributed by atoms with Crippen molar-refractivity contribution in [2.45, 2.75) is 6.92 Å². The van der Waals surface area contributed by atoms with Crippen molar-refractivity contribution in [3.05, 3.63) is 58.4 Å². The minimum Gasteiger partial charge on any atom is -0.454 e. The van der Waals surface area contributed by atoms with Crippen molar-refractivity contribution < 1.29 is 9.47 Å². The summed E-state index contributed by atoms with van der Waals surface area (Å²) in [6.45, 7) is 2.27. The van der Waals surface area contributed by atoms with E-state index in [1.54, 1.807) is 0 Å². The van der Waals surface area contributed by atoms with Crippen LogP contribution in [0.3, 0.4) is 0 Å². The molecule has 0 saturated carbocycles. The van der Waals surface area contributed by atoms with Gasteiger partial charge in [-0.05, 0) is 24.6 Å². The highest BCUT2D eigenvalue weighted by Crippen LogP contribution is 2.38. The van der Waals surface area contributed by atoms with E-state index in [4.69, 9.17) is 9.47 Å². The molecule has 5 rings (SSSR count). The highest BCUT2D eigenvalue weighted by molar-refractivity contribution is 6.09. The summed E-state index contributed by atoms with van der Waals surface area (Å²) in [6, 6.07) is 13.9. The Labute approximate surface area is 136 Å². The maximum Gasteiger partial charge on any atom is 0.272 e. The van der Waals surface area contributed by atoms with Crippen LogP contribution in [0, 0.1) is 6.92 Å². The Morgan fingerprint density at radius 1 is 0.917 bits per heavy atom. The van der Waals surface area contributed by atoms with Crippen molar-refractivity contribution in [3.8, 4) is 22.8 Å². The molecular formula is C19H14N2O3. The van der Waals surface area contributed by atoms with Gasteiger partial charge < -0.3 is 19.4 Å². The summed E-state index contributed by atoms with van der Waals surface area (Å²) in [7, 11) is 0. The van der Waals surface area contributed by atoms with Gasteiger partial charge in [-0.1, -0.05) is 29.8 Å². The lowest BCUT2D eigenvalue weighted by molar-refractivity contribution is 0.174. The number of ether oxygens (including phenoxy) is 2. The van der Waals surface area contributed by atoms with Gasteiger partial charge in [0.05, 0.1) is 5.52 Å². The number of pyridine rings is 1. The van der Waals surface area contributed by atoms with E-state index >= 15 is 0 Å². The topological polar surface area (TPSA) is 67.1 Å². The zero-order valence-electron chi connectivity index (χ0n) is 13.0. The molecule has 3 heterocycles. The number of hydrogen-bond acceptors (Lipinski definition) is 3. The molecule has 0 amide bonds. The van der Waals surface area contributed by atoms with Gasteiger partial charge in [-0.25, -0.2) is 0 Å². The molecule has 118 valence electrons. The Morgan fingerprint density at radius 2 is 1.67 bits per heavy atom. The van der Waals surface area contributed by atoms with Crippen molar-refractivity contribution in [2.24, 2.45) is 0 Å². The quantitative estimate of drug-likeness (QED) is 0.562. The van der Waals surface area contributed by atoms with E-state index in [0.29, 0.717) is 17.0 Å². The van der Waals surface area contributed by atoms with Gasteiger partial charge in [-0.2, -0.15) is 0 Å². The van der Waals surface area contributed by atoms with Gasteiger partial charge >= 0.3 is 0 Å². The molecule has 2 aromatic heterocycles. The third kappa shape index (κ3) is 1.84. The van der Waals surface area contributed by atoms with E-state index < -0.39 is 0 Å². The Hall–Kier alpha value is -3.21. The number of rotatable bonds is 1. The van der Waals surface area contributed by atoms with Gasteiger partial charge in [0, 0.05) is 22.5 Å². The van der Waals surface area contributed by atoms with Gasteiger partial charge in [0.1, 0.15) is 5.52 Å². The van der Waals surface area contributed by atoms with Crippen LogP contribution in [0.1, 0.15) is 5.56 Å². The Bertz CT molecular complexity index is 1150. The van der Waals surface area contributed by atoms with Crippen molar-refractivity contribution >= 4 is 21.8 Å². The van der Waals surface area contributed by atoms with Crippen molar-refractivity contribution in [1.82, 2.24) is 9.97 Å². The lowest BCUT2D eigenvalue weighted by atomic mass is 10.1. The number of aryl methyl sites for hydroxylation is 1. The molecule has 0 aliphatic carbocycles. The molecule has 5 nitrogen and oxygen atoms in total. The average Bonchev–Trinajstić information content (AvgIpc) is 3.17. The first-order chi connectivity index (χ1) is 11.7. The summed E-state index contributed by atoms with van der Waals surface area (Å²) < 4.78 is 10.9. The van der Waals surface area contributed by atoms with Gasteiger partial charge in [0.2, 0.25) is 6.79 Å². The summed E-state index contributed by atoms with van der Waals surface area (Å²) in [5, 5.41) is 1.83. The molecule has 4 aromatic rings. The van der Waals surface area contributed by atoms with Crippen LogP contribution in [-0.2, 0) is 0 Å². The molecule has 0 atom stereocenters. The third-order valence-electron chi connectivity index (χ3n) is 4.46.